The van der Waals surface area contributed by atoms with E-state index in [-0.39, 0.29) is 5.91 Å². The van der Waals surface area contributed by atoms with E-state index in [4.69, 9.17) is 4.52 Å². The van der Waals surface area contributed by atoms with Gasteiger partial charge in [-0.15, -0.1) is 0 Å². The Morgan fingerprint density at radius 3 is 2.89 bits per heavy atom. The molecule has 0 atom stereocenters. The summed E-state index contributed by atoms with van der Waals surface area (Å²) < 4.78 is 5.13. The van der Waals surface area contributed by atoms with E-state index in [0.29, 0.717) is 31.1 Å². The van der Waals surface area contributed by atoms with Crippen molar-refractivity contribution in [1.29, 1.82) is 0 Å². The Kier molecular flexibility index (Phi) is 4.01. The number of hydrogen-bond donors (Lipinski definition) is 1. The first-order valence-electron chi connectivity index (χ1n) is 5.79. The lowest BCUT2D eigenvalue weighted by molar-refractivity contribution is -0.120. The molecule has 0 bridgehead atoms. The largest absolute Gasteiger partial charge is 0.356 e. The van der Waals surface area contributed by atoms with Crippen LogP contribution in [-0.4, -0.2) is 27.6 Å². The van der Waals surface area contributed by atoms with Gasteiger partial charge >= 0.3 is 0 Å². The minimum atomic E-state index is 0.0212. The van der Waals surface area contributed by atoms with Crippen LogP contribution in [0.5, 0.6) is 0 Å². The smallest absolute Gasteiger partial charge is 0.258 e. The molecule has 6 heteroatoms. The van der Waals surface area contributed by atoms with Gasteiger partial charge in [0.15, 0.2) is 5.82 Å². The van der Waals surface area contributed by atoms with Crippen molar-refractivity contribution in [3.63, 3.8) is 0 Å². The van der Waals surface area contributed by atoms with Crippen LogP contribution in [0.25, 0.3) is 11.5 Å². The molecule has 0 saturated carbocycles. The van der Waals surface area contributed by atoms with Crippen LogP contribution in [-0.2, 0) is 11.2 Å². The molecule has 0 aliphatic carbocycles. The van der Waals surface area contributed by atoms with Gasteiger partial charge in [-0.25, -0.2) is 0 Å². The van der Waals surface area contributed by atoms with Gasteiger partial charge in [-0.2, -0.15) is 4.98 Å². The molecule has 0 fully saturated rings. The summed E-state index contributed by atoms with van der Waals surface area (Å²) in [5, 5.41) is 6.62. The Hall–Kier alpha value is -2.24. The Morgan fingerprint density at radius 2 is 2.17 bits per heavy atom. The van der Waals surface area contributed by atoms with E-state index in [1.807, 2.05) is 6.92 Å². The number of hydrogen-bond acceptors (Lipinski definition) is 5. The van der Waals surface area contributed by atoms with Crippen molar-refractivity contribution in [2.45, 2.75) is 19.8 Å². The van der Waals surface area contributed by atoms with Crippen molar-refractivity contribution in [2.75, 3.05) is 6.54 Å². The first-order chi connectivity index (χ1) is 8.79. The number of nitrogens with one attached hydrogen (secondary N) is 1. The monoisotopic (exact) mass is 246 g/mol. The maximum absolute atomic E-state index is 11.0. The molecular weight excluding hydrogens is 232 g/mol. The van der Waals surface area contributed by atoms with Gasteiger partial charge in [0.1, 0.15) is 0 Å². The van der Waals surface area contributed by atoms with E-state index >= 15 is 0 Å². The summed E-state index contributed by atoms with van der Waals surface area (Å²) in [4.78, 5) is 19.2. The molecule has 2 aromatic heterocycles. The van der Waals surface area contributed by atoms with Crippen molar-refractivity contribution < 1.29 is 9.32 Å². The van der Waals surface area contributed by atoms with Crippen LogP contribution in [0, 0.1) is 0 Å². The van der Waals surface area contributed by atoms with Crippen LogP contribution in [0.15, 0.2) is 29.0 Å². The summed E-state index contributed by atoms with van der Waals surface area (Å²) in [5.74, 6) is 1.07. The molecule has 18 heavy (non-hydrogen) atoms. The van der Waals surface area contributed by atoms with E-state index < -0.39 is 0 Å². The fourth-order valence-electron chi connectivity index (χ4n) is 1.41. The summed E-state index contributed by atoms with van der Waals surface area (Å²) in [5.41, 5.74) is 0.835. The summed E-state index contributed by atoms with van der Waals surface area (Å²) in [6.07, 6.45) is 4.37. The van der Waals surface area contributed by atoms with Crippen molar-refractivity contribution in [3.8, 4) is 11.5 Å². The topological polar surface area (TPSA) is 80.9 Å². The predicted molar refractivity (Wildman–Crippen MR) is 64.5 cm³/mol. The average Bonchev–Trinajstić information content (AvgIpc) is 2.88. The average molecular weight is 246 g/mol. The summed E-state index contributed by atoms with van der Waals surface area (Å²) >= 11 is 0. The molecule has 1 amide bonds. The van der Waals surface area contributed by atoms with E-state index in [1.165, 1.54) is 0 Å². The molecule has 2 aromatic rings. The lowest BCUT2D eigenvalue weighted by Crippen LogP contribution is -2.24. The molecule has 0 saturated heterocycles. The van der Waals surface area contributed by atoms with Crippen LogP contribution in [0.2, 0.25) is 0 Å². The predicted octanol–water partition coefficient (Wildman–Crippen LogP) is 1.20. The van der Waals surface area contributed by atoms with E-state index in [1.54, 1.807) is 24.5 Å². The van der Waals surface area contributed by atoms with E-state index in [0.717, 1.165) is 5.56 Å². The molecule has 0 aromatic carbocycles. The quantitative estimate of drug-likeness (QED) is 0.857. The lowest BCUT2D eigenvalue weighted by Gasteiger charge is -1.99. The highest BCUT2D eigenvalue weighted by molar-refractivity contribution is 5.75. The molecule has 2 heterocycles. The van der Waals surface area contributed by atoms with Crippen LogP contribution in [0.3, 0.4) is 0 Å². The first-order valence-corrected chi connectivity index (χ1v) is 5.79. The third kappa shape index (κ3) is 3.13. The van der Waals surface area contributed by atoms with Crippen LogP contribution >= 0.6 is 0 Å². The SMILES string of the molecule is CCC(=O)NCCc1noc(-c2ccncc2)n1. The molecule has 0 unspecified atom stereocenters. The number of aromatic nitrogens is 3. The summed E-state index contributed by atoms with van der Waals surface area (Å²) in [7, 11) is 0. The van der Waals surface area contributed by atoms with Crippen LogP contribution in [0.1, 0.15) is 19.2 Å². The second-order valence-electron chi connectivity index (χ2n) is 3.71. The number of nitrogens with zero attached hydrogens (tertiary/aromatic N) is 3. The van der Waals surface area contributed by atoms with Gasteiger partial charge in [0, 0.05) is 37.3 Å². The van der Waals surface area contributed by atoms with E-state index in [9.17, 15) is 4.79 Å². The minimum Gasteiger partial charge on any atom is -0.356 e. The first kappa shape index (κ1) is 12.2. The lowest BCUT2D eigenvalue weighted by atomic mass is 10.3. The number of pyridine rings is 1. The minimum absolute atomic E-state index is 0.0212. The normalized spacial score (nSPS) is 10.3. The van der Waals surface area contributed by atoms with Gasteiger partial charge < -0.3 is 9.84 Å². The molecule has 0 aliphatic rings. The Bertz CT molecular complexity index is 510. The second-order valence-corrected chi connectivity index (χ2v) is 3.71. The highest BCUT2D eigenvalue weighted by Gasteiger charge is 2.08. The summed E-state index contributed by atoms with van der Waals surface area (Å²) in [6.45, 7) is 2.33. The number of amides is 1. The van der Waals surface area contributed by atoms with E-state index in [2.05, 4.69) is 20.4 Å². The second kappa shape index (κ2) is 5.90. The number of rotatable bonds is 5. The van der Waals surface area contributed by atoms with Crippen molar-refractivity contribution in [1.82, 2.24) is 20.4 Å². The van der Waals surface area contributed by atoms with Gasteiger partial charge in [0.05, 0.1) is 0 Å². The third-order valence-electron chi connectivity index (χ3n) is 2.39. The fraction of sp³-hybridized carbons (Fsp3) is 0.333. The molecule has 0 aliphatic heterocycles. The molecular formula is C12H14N4O2. The van der Waals surface area contributed by atoms with Crippen molar-refractivity contribution >= 4 is 5.91 Å². The molecule has 0 radical (unpaired) electrons. The standard InChI is InChI=1S/C12H14N4O2/c1-2-11(17)14-8-5-10-15-12(18-16-10)9-3-6-13-7-4-9/h3-4,6-7H,2,5,8H2,1H3,(H,14,17). The molecule has 2 rings (SSSR count). The van der Waals surface area contributed by atoms with Gasteiger partial charge in [0.25, 0.3) is 5.89 Å². The van der Waals surface area contributed by atoms with Gasteiger partial charge in [-0.05, 0) is 12.1 Å². The van der Waals surface area contributed by atoms with Crippen LogP contribution < -0.4 is 5.32 Å². The third-order valence-corrected chi connectivity index (χ3v) is 2.39. The van der Waals surface area contributed by atoms with Gasteiger partial charge in [0.2, 0.25) is 5.91 Å². The van der Waals surface area contributed by atoms with Gasteiger partial charge in [-0.1, -0.05) is 12.1 Å². The van der Waals surface area contributed by atoms with Crippen molar-refractivity contribution in [3.05, 3.63) is 30.4 Å². The molecule has 1 N–H and O–H groups in total. The Balaban J connectivity index is 1.93. The molecule has 6 nitrogen and oxygen atoms in total. The highest BCUT2D eigenvalue weighted by Crippen LogP contribution is 2.15. The Morgan fingerprint density at radius 1 is 1.39 bits per heavy atom. The maximum Gasteiger partial charge on any atom is 0.258 e. The number of carbonyl (C=O) groups excluding carboxylic acids is 1. The summed E-state index contributed by atoms with van der Waals surface area (Å²) in [6, 6.07) is 3.60. The van der Waals surface area contributed by atoms with Crippen molar-refractivity contribution in [2.24, 2.45) is 0 Å². The molecule has 0 spiro atoms. The fourth-order valence-corrected chi connectivity index (χ4v) is 1.41. The highest BCUT2D eigenvalue weighted by atomic mass is 16.5. The number of carbonyl (C=O) groups is 1. The zero-order valence-corrected chi connectivity index (χ0v) is 10.1. The van der Waals surface area contributed by atoms with Crippen LogP contribution in [0.4, 0.5) is 0 Å². The maximum atomic E-state index is 11.0. The molecule has 94 valence electrons. The van der Waals surface area contributed by atoms with Gasteiger partial charge in [-0.3, -0.25) is 9.78 Å². The zero-order chi connectivity index (χ0) is 12.8. The zero-order valence-electron chi connectivity index (χ0n) is 10.1. The Labute approximate surface area is 104 Å².